The van der Waals surface area contributed by atoms with Crippen LogP contribution in [0.15, 0.2) is 75.9 Å². The first-order valence-corrected chi connectivity index (χ1v) is 11.3. The number of carbonyl (C=O) groups excluding carboxylic acids is 2. The number of hydrogen-bond acceptors (Lipinski definition) is 7. The first kappa shape index (κ1) is 22.5. The summed E-state index contributed by atoms with van der Waals surface area (Å²) in [6, 6.07) is 17.3. The van der Waals surface area contributed by atoms with Crippen molar-refractivity contribution in [3.05, 3.63) is 87.5 Å². The average molecular weight is 536 g/mol. The first-order chi connectivity index (χ1) is 17.0. The number of nitrogens with one attached hydrogen (secondary N) is 2. The Morgan fingerprint density at radius 1 is 0.800 bits per heavy atom. The number of hydrogen-bond donors (Lipinski definition) is 2. The molecule has 0 aromatic heterocycles. The molecule has 0 atom stereocenters. The molecule has 2 N–H and O–H groups in total. The zero-order valence-corrected chi connectivity index (χ0v) is 19.7. The second kappa shape index (κ2) is 9.90. The summed E-state index contributed by atoms with van der Waals surface area (Å²) < 4.78 is 22.2. The Labute approximate surface area is 208 Å². The Hall–Kier alpha value is -4.31. The number of fused-ring (bicyclic) bond motifs is 2. The zero-order valence-electron chi connectivity index (χ0n) is 18.1. The minimum absolute atomic E-state index is 0.000351. The Morgan fingerprint density at radius 3 is 2.09 bits per heavy atom. The van der Waals surface area contributed by atoms with Crippen LogP contribution in [0.4, 0.5) is 0 Å². The second-order valence-electron chi connectivity index (χ2n) is 7.44. The fraction of sp³-hybridized carbons (Fsp3) is 0.0800. The van der Waals surface area contributed by atoms with Crippen molar-refractivity contribution in [3.63, 3.8) is 0 Å². The molecule has 2 aliphatic heterocycles. The van der Waals surface area contributed by atoms with Crippen molar-refractivity contribution in [2.45, 2.75) is 0 Å². The minimum Gasteiger partial charge on any atom is -0.454 e. The molecule has 176 valence electrons. The van der Waals surface area contributed by atoms with Gasteiger partial charge in [0, 0.05) is 10.0 Å². The molecule has 2 heterocycles. The van der Waals surface area contributed by atoms with E-state index < -0.39 is 11.8 Å². The van der Waals surface area contributed by atoms with Crippen molar-refractivity contribution in [3.8, 4) is 23.0 Å². The molecule has 0 bridgehead atoms. The van der Waals surface area contributed by atoms with Gasteiger partial charge in [-0.3, -0.25) is 9.59 Å². The molecule has 0 fully saturated rings. The minimum atomic E-state index is -0.606. The summed E-state index contributed by atoms with van der Waals surface area (Å²) in [6.07, 6.45) is 3.00. The van der Waals surface area contributed by atoms with Gasteiger partial charge in [0.05, 0.1) is 6.21 Å². The Balaban J connectivity index is 1.35. The first-order valence-electron chi connectivity index (χ1n) is 10.5. The molecule has 0 radical (unpaired) electrons. The maximum Gasteiger partial charge on any atom is 0.287 e. The highest BCUT2D eigenvalue weighted by Gasteiger charge is 2.17. The highest BCUT2D eigenvalue weighted by atomic mass is 79.9. The van der Waals surface area contributed by atoms with Crippen molar-refractivity contribution < 1.29 is 28.5 Å². The standard InChI is InChI=1S/C25H18BrN3O6/c26-18-5-3-17(4-6-18)24(30)28-19(9-15-1-7-20-22(10-15)34-13-32-20)25(31)29-27-12-16-2-8-21-23(11-16)35-14-33-21/h1-12H,13-14H2,(H,28,30)(H,29,31)/b19-9-,27-12+. The lowest BCUT2D eigenvalue weighted by Crippen LogP contribution is -2.32. The van der Waals surface area contributed by atoms with E-state index in [0.717, 1.165) is 4.47 Å². The molecular formula is C25H18BrN3O6. The zero-order chi connectivity index (χ0) is 24.2. The molecule has 0 aliphatic carbocycles. The number of nitrogens with zero attached hydrogens (tertiary/aromatic N) is 1. The van der Waals surface area contributed by atoms with Gasteiger partial charge in [-0.2, -0.15) is 5.10 Å². The summed E-state index contributed by atoms with van der Waals surface area (Å²) >= 11 is 3.34. The van der Waals surface area contributed by atoms with Gasteiger partial charge in [0.15, 0.2) is 23.0 Å². The molecule has 10 heteroatoms. The van der Waals surface area contributed by atoms with Crippen LogP contribution in [0.2, 0.25) is 0 Å². The van der Waals surface area contributed by atoms with Crippen LogP contribution in [-0.4, -0.2) is 31.6 Å². The topological polar surface area (TPSA) is 107 Å². The van der Waals surface area contributed by atoms with E-state index in [9.17, 15) is 9.59 Å². The van der Waals surface area contributed by atoms with Crippen LogP contribution >= 0.6 is 15.9 Å². The maximum atomic E-state index is 13.0. The van der Waals surface area contributed by atoms with E-state index in [1.54, 1.807) is 60.7 Å². The van der Waals surface area contributed by atoms with E-state index >= 15 is 0 Å². The molecule has 3 aromatic carbocycles. The normalized spacial score (nSPS) is 13.7. The van der Waals surface area contributed by atoms with E-state index in [-0.39, 0.29) is 19.3 Å². The summed E-state index contributed by atoms with van der Waals surface area (Å²) in [5.74, 6) is 1.37. The van der Waals surface area contributed by atoms with E-state index in [2.05, 4.69) is 31.8 Å². The fourth-order valence-corrected chi connectivity index (χ4v) is 3.61. The average Bonchev–Trinajstić information content (AvgIpc) is 3.52. The fourth-order valence-electron chi connectivity index (χ4n) is 3.34. The number of halogens is 1. The molecule has 2 amide bonds. The largest absolute Gasteiger partial charge is 0.454 e. The van der Waals surface area contributed by atoms with Gasteiger partial charge in [0.25, 0.3) is 11.8 Å². The van der Waals surface area contributed by atoms with Gasteiger partial charge in [0.2, 0.25) is 13.6 Å². The van der Waals surface area contributed by atoms with Gasteiger partial charge in [-0.1, -0.05) is 22.0 Å². The molecule has 2 aliphatic rings. The van der Waals surface area contributed by atoms with Crippen molar-refractivity contribution in [1.82, 2.24) is 10.7 Å². The highest BCUT2D eigenvalue weighted by Crippen LogP contribution is 2.33. The van der Waals surface area contributed by atoms with Crippen LogP contribution < -0.4 is 29.7 Å². The lowest BCUT2D eigenvalue weighted by atomic mass is 10.1. The van der Waals surface area contributed by atoms with E-state index in [0.29, 0.717) is 39.7 Å². The highest BCUT2D eigenvalue weighted by molar-refractivity contribution is 9.10. The van der Waals surface area contributed by atoms with Crippen molar-refractivity contribution in [2.75, 3.05) is 13.6 Å². The van der Waals surface area contributed by atoms with Crippen molar-refractivity contribution in [1.29, 1.82) is 0 Å². The van der Waals surface area contributed by atoms with E-state index in [1.165, 1.54) is 12.3 Å². The lowest BCUT2D eigenvalue weighted by molar-refractivity contribution is -0.117. The summed E-state index contributed by atoms with van der Waals surface area (Å²) in [4.78, 5) is 25.8. The second-order valence-corrected chi connectivity index (χ2v) is 8.36. The Bertz CT molecular complexity index is 1350. The Morgan fingerprint density at radius 2 is 1.40 bits per heavy atom. The number of rotatable bonds is 6. The number of carbonyl (C=O) groups is 2. The third-order valence-electron chi connectivity index (χ3n) is 5.08. The van der Waals surface area contributed by atoms with E-state index in [4.69, 9.17) is 18.9 Å². The van der Waals surface area contributed by atoms with Crippen LogP contribution in [0, 0.1) is 0 Å². The van der Waals surface area contributed by atoms with E-state index in [1.807, 2.05) is 0 Å². The summed E-state index contributed by atoms with van der Waals surface area (Å²) in [7, 11) is 0. The van der Waals surface area contributed by atoms with Crippen molar-refractivity contribution in [2.24, 2.45) is 5.10 Å². The summed E-state index contributed by atoms with van der Waals surface area (Å²) in [5, 5.41) is 6.68. The molecule has 0 saturated heterocycles. The monoisotopic (exact) mass is 535 g/mol. The van der Waals surface area contributed by atoms with Crippen LogP contribution in [0.1, 0.15) is 21.5 Å². The number of amides is 2. The third kappa shape index (κ3) is 5.28. The van der Waals surface area contributed by atoms with Gasteiger partial charge >= 0.3 is 0 Å². The molecule has 0 saturated carbocycles. The van der Waals surface area contributed by atoms with Crippen LogP contribution in [0.5, 0.6) is 23.0 Å². The molecule has 9 nitrogen and oxygen atoms in total. The molecule has 0 unspecified atom stereocenters. The number of ether oxygens (including phenoxy) is 4. The lowest BCUT2D eigenvalue weighted by Gasteiger charge is -2.10. The van der Waals surface area contributed by atoms with Crippen LogP contribution in [0.3, 0.4) is 0 Å². The van der Waals surface area contributed by atoms with Crippen molar-refractivity contribution >= 4 is 40.0 Å². The molecule has 5 rings (SSSR count). The maximum absolute atomic E-state index is 13.0. The molecule has 35 heavy (non-hydrogen) atoms. The molecular weight excluding hydrogens is 518 g/mol. The van der Waals surface area contributed by atoms with Gasteiger partial charge in [0.1, 0.15) is 5.70 Å². The van der Waals surface area contributed by atoms with Gasteiger partial charge < -0.3 is 24.3 Å². The molecule has 3 aromatic rings. The molecule has 0 spiro atoms. The van der Waals surface area contributed by atoms with Gasteiger partial charge in [-0.15, -0.1) is 0 Å². The summed E-state index contributed by atoms with van der Waals surface area (Å²) in [5.41, 5.74) is 4.18. The predicted molar refractivity (Wildman–Crippen MR) is 130 cm³/mol. The Kier molecular flexibility index (Phi) is 6.36. The quantitative estimate of drug-likeness (QED) is 0.282. The SMILES string of the molecule is O=C(N/N=C/c1ccc2c(c1)OCO2)/C(=C/c1ccc2c(c1)OCO2)NC(=O)c1ccc(Br)cc1. The van der Waals surface area contributed by atoms with Crippen LogP contribution in [-0.2, 0) is 4.79 Å². The third-order valence-corrected chi connectivity index (χ3v) is 5.61. The smallest absolute Gasteiger partial charge is 0.287 e. The number of benzene rings is 3. The summed E-state index contributed by atoms with van der Waals surface area (Å²) in [6.45, 7) is 0.295. The van der Waals surface area contributed by atoms with Gasteiger partial charge in [-0.05, 0) is 71.8 Å². The van der Waals surface area contributed by atoms with Crippen LogP contribution in [0.25, 0.3) is 6.08 Å². The number of hydrazone groups is 1. The predicted octanol–water partition coefficient (Wildman–Crippen LogP) is 3.83. The van der Waals surface area contributed by atoms with Gasteiger partial charge in [-0.25, -0.2) is 5.43 Å².